The third-order valence-electron chi connectivity index (χ3n) is 5.89. The van der Waals surface area contributed by atoms with Crippen LogP contribution >= 0.6 is 21.7 Å². The first-order valence-electron chi connectivity index (χ1n) is 12.8. The van der Waals surface area contributed by atoms with Gasteiger partial charge < -0.3 is 0 Å². The summed E-state index contributed by atoms with van der Waals surface area (Å²) in [5.41, 5.74) is 0. The molecule has 0 fully saturated rings. The third kappa shape index (κ3) is 21.9. The molecule has 0 heterocycles. The molecule has 29 heavy (non-hydrogen) atoms. The van der Waals surface area contributed by atoms with Gasteiger partial charge in [-0.1, -0.05) is 39.5 Å². The Bertz CT molecular complexity index is 315. The monoisotopic (exact) mass is 526 g/mol. The standard InChI is InChI=1S/C25H51NS2.Mo/c1-3-5-7-9-11-13-15-17-19-21-23-26(25(27)28)24-22-20-18-16-14-12-10-8-6-4-2;/h3-24H2,1-2H3,(H,27,28);/q;+1/p-1. The Balaban J connectivity index is 3.59. The third-order valence-corrected chi connectivity index (χ3v) is 8.81. The molecule has 0 unspecified atom stereocenters. The average molecular weight is 525 g/mol. The summed E-state index contributed by atoms with van der Waals surface area (Å²) in [5, 5.41) is 0. The predicted molar refractivity (Wildman–Crippen MR) is 135 cm³/mol. The molecule has 0 radical (unpaired) electrons. The molecule has 0 spiro atoms. The fourth-order valence-corrected chi connectivity index (χ4v) is 5.18. The Kier molecular flexibility index (Phi) is 26.0. The van der Waals surface area contributed by atoms with E-state index in [0.717, 1.165) is 4.32 Å². The Labute approximate surface area is 203 Å². The van der Waals surface area contributed by atoms with E-state index in [-0.39, 0.29) is 0 Å². The Morgan fingerprint density at radius 1 is 0.552 bits per heavy atom. The van der Waals surface area contributed by atoms with Crippen LogP contribution in [0.15, 0.2) is 0 Å². The summed E-state index contributed by atoms with van der Waals surface area (Å²) in [6, 6.07) is 0. The minimum atomic E-state index is 1.11. The minimum absolute atomic E-state index is 1.11. The van der Waals surface area contributed by atoms with Crippen LogP contribution in [0.1, 0.15) is 142 Å². The van der Waals surface area contributed by atoms with Crippen LogP contribution in [-0.2, 0) is 18.5 Å². The summed E-state index contributed by atoms with van der Waals surface area (Å²) in [5.74, 6) is 0. The van der Waals surface area contributed by atoms with Crippen molar-refractivity contribution in [3.8, 4) is 0 Å². The zero-order valence-corrected chi connectivity index (χ0v) is 23.4. The molecule has 0 bridgehead atoms. The number of hydrogen-bond donors (Lipinski definition) is 0. The van der Waals surface area contributed by atoms with Crippen LogP contribution in [0, 0.1) is 0 Å². The second kappa shape index (κ2) is 25.2. The van der Waals surface area contributed by atoms with Crippen LogP contribution in [0.5, 0.6) is 0 Å². The summed E-state index contributed by atoms with van der Waals surface area (Å²) in [7, 11) is 1.76. The normalized spacial score (nSPS) is 11.1. The molecule has 0 saturated heterocycles. The molecule has 0 aromatic carbocycles. The predicted octanol–water partition coefficient (Wildman–Crippen LogP) is 9.61. The van der Waals surface area contributed by atoms with E-state index in [1.54, 1.807) is 9.47 Å². The van der Waals surface area contributed by atoms with Crippen molar-refractivity contribution in [1.29, 1.82) is 0 Å². The molecule has 0 aliphatic carbocycles. The molecule has 0 saturated carbocycles. The number of unbranched alkanes of at least 4 members (excludes halogenated alkanes) is 18. The SMILES string of the molecule is CCCCCCCCCCCCN(CCCCCCCCCCCC)C(=S)[S][Mo]. The van der Waals surface area contributed by atoms with Crippen molar-refractivity contribution < 1.29 is 18.5 Å². The molecule has 0 aromatic rings. The van der Waals surface area contributed by atoms with Gasteiger partial charge in [0.25, 0.3) is 0 Å². The van der Waals surface area contributed by atoms with Crippen molar-refractivity contribution >= 4 is 26.0 Å². The van der Waals surface area contributed by atoms with Crippen LogP contribution in [0.2, 0.25) is 0 Å². The van der Waals surface area contributed by atoms with Gasteiger partial charge in [-0.05, 0) is 0 Å². The summed E-state index contributed by atoms with van der Waals surface area (Å²) in [4.78, 5) is 2.48. The van der Waals surface area contributed by atoms with Crippen LogP contribution < -0.4 is 0 Å². The quantitative estimate of drug-likeness (QED) is 0.0788. The second-order valence-electron chi connectivity index (χ2n) is 8.70. The van der Waals surface area contributed by atoms with E-state index >= 15 is 0 Å². The van der Waals surface area contributed by atoms with Gasteiger partial charge in [0, 0.05) is 0 Å². The molecule has 1 nitrogen and oxygen atoms in total. The van der Waals surface area contributed by atoms with Gasteiger partial charge in [0.2, 0.25) is 0 Å². The van der Waals surface area contributed by atoms with Crippen LogP contribution in [0.25, 0.3) is 0 Å². The van der Waals surface area contributed by atoms with E-state index in [4.69, 9.17) is 12.2 Å². The average Bonchev–Trinajstić information content (AvgIpc) is 2.74. The molecule has 0 rings (SSSR count). The van der Waals surface area contributed by atoms with Crippen LogP contribution in [-0.4, -0.2) is 22.3 Å². The van der Waals surface area contributed by atoms with Crippen molar-refractivity contribution in [3.05, 3.63) is 0 Å². The summed E-state index contributed by atoms with van der Waals surface area (Å²) in [6.07, 6.45) is 28.2. The zero-order chi connectivity index (χ0) is 21.4. The van der Waals surface area contributed by atoms with Crippen molar-refractivity contribution in [2.75, 3.05) is 13.1 Å². The first kappa shape index (κ1) is 29.9. The fourth-order valence-electron chi connectivity index (χ4n) is 3.93. The number of thiocarbonyl (C=S) groups is 1. The van der Waals surface area contributed by atoms with Gasteiger partial charge in [-0.2, -0.15) is 0 Å². The van der Waals surface area contributed by atoms with Gasteiger partial charge in [0.1, 0.15) is 0 Å². The van der Waals surface area contributed by atoms with Crippen molar-refractivity contribution in [2.45, 2.75) is 142 Å². The van der Waals surface area contributed by atoms with E-state index in [0.29, 0.717) is 0 Å². The van der Waals surface area contributed by atoms with Crippen molar-refractivity contribution in [3.63, 3.8) is 0 Å². The molecular weight excluding hydrogens is 474 g/mol. The maximum atomic E-state index is 5.61. The van der Waals surface area contributed by atoms with E-state index in [1.165, 1.54) is 142 Å². The molecule has 4 heteroatoms. The molecule has 0 amide bonds. The second-order valence-corrected chi connectivity index (χ2v) is 11.1. The first-order chi connectivity index (χ1) is 14.3. The van der Waals surface area contributed by atoms with Gasteiger partial charge >= 0.3 is 165 Å². The Morgan fingerprint density at radius 3 is 1.10 bits per heavy atom. The van der Waals surface area contributed by atoms with Gasteiger partial charge in [0.15, 0.2) is 0 Å². The maximum absolute atomic E-state index is 5.61. The summed E-state index contributed by atoms with van der Waals surface area (Å²) in [6.45, 7) is 6.94. The van der Waals surface area contributed by atoms with Gasteiger partial charge in [0.05, 0.1) is 0 Å². The fraction of sp³-hybridized carbons (Fsp3) is 0.960. The van der Waals surface area contributed by atoms with E-state index in [2.05, 4.69) is 37.3 Å². The summed E-state index contributed by atoms with van der Waals surface area (Å²) < 4.78 is 1.11. The van der Waals surface area contributed by atoms with Crippen molar-refractivity contribution in [2.24, 2.45) is 0 Å². The molecule has 0 atom stereocenters. The first-order valence-corrected chi connectivity index (χ1v) is 16.5. The Morgan fingerprint density at radius 2 is 0.828 bits per heavy atom. The van der Waals surface area contributed by atoms with E-state index < -0.39 is 0 Å². The van der Waals surface area contributed by atoms with Crippen molar-refractivity contribution in [1.82, 2.24) is 4.90 Å². The molecular formula is C25H50MoNS2. The zero-order valence-electron chi connectivity index (χ0n) is 19.7. The Hall–Kier alpha value is 0.928. The topological polar surface area (TPSA) is 3.24 Å². The van der Waals surface area contributed by atoms with Gasteiger partial charge in [-0.15, -0.1) is 0 Å². The van der Waals surface area contributed by atoms with Gasteiger partial charge in [-0.25, -0.2) is 0 Å². The molecule has 0 N–H and O–H groups in total. The van der Waals surface area contributed by atoms with E-state index in [1.807, 2.05) is 0 Å². The molecule has 173 valence electrons. The van der Waals surface area contributed by atoms with Crippen LogP contribution in [0.3, 0.4) is 0 Å². The number of hydrogen-bond acceptors (Lipinski definition) is 2. The van der Waals surface area contributed by atoms with E-state index in [9.17, 15) is 0 Å². The number of rotatable bonds is 22. The summed E-state index contributed by atoms with van der Waals surface area (Å²) >= 11 is 7.67. The molecule has 0 aromatic heterocycles. The van der Waals surface area contributed by atoms with Crippen LogP contribution in [0.4, 0.5) is 0 Å². The van der Waals surface area contributed by atoms with Gasteiger partial charge in [-0.3, -0.25) is 0 Å². The molecule has 0 aliphatic rings. The molecule has 0 aliphatic heterocycles. The number of nitrogens with zero attached hydrogens (tertiary/aromatic N) is 1.